The Morgan fingerprint density at radius 1 is 1.37 bits per heavy atom. The van der Waals surface area contributed by atoms with E-state index in [1.165, 1.54) is 11.1 Å². The average molecular weight is 263 g/mol. The molecule has 3 heteroatoms. The quantitative estimate of drug-likeness (QED) is 0.765. The number of aromatic hydroxyl groups is 1. The Morgan fingerprint density at radius 2 is 2.16 bits per heavy atom. The third kappa shape index (κ3) is 3.95. The van der Waals surface area contributed by atoms with Gasteiger partial charge in [-0.2, -0.15) is 0 Å². The third-order valence-electron chi connectivity index (χ3n) is 3.79. The average Bonchev–Trinajstić information content (AvgIpc) is 2.35. The largest absolute Gasteiger partial charge is 0.508 e. The SMILES string of the molecule is CC(C)CC(O)CNC1CCCc2ccc(O)cc21. The van der Waals surface area contributed by atoms with E-state index in [1.54, 1.807) is 6.07 Å². The summed E-state index contributed by atoms with van der Waals surface area (Å²) in [6.45, 7) is 4.87. The van der Waals surface area contributed by atoms with Crippen molar-refractivity contribution in [3.05, 3.63) is 29.3 Å². The Balaban J connectivity index is 1.97. The number of hydrogen-bond acceptors (Lipinski definition) is 3. The fourth-order valence-electron chi connectivity index (χ4n) is 2.90. The third-order valence-corrected chi connectivity index (χ3v) is 3.79. The summed E-state index contributed by atoms with van der Waals surface area (Å²) in [7, 11) is 0. The van der Waals surface area contributed by atoms with Crippen LogP contribution in [0.1, 0.15) is 50.3 Å². The Kier molecular flexibility index (Phi) is 4.83. The van der Waals surface area contributed by atoms with Crippen LogP contribution >= 0.6 is 0 Å². The molecule has 19 heavy (non-hydrogen) atoms. The maximum Gasteiger partial charge on any atom is 0.115 e. The van der Waals surface area contributed by atoms with Gasteiger partial charge in [-0.1, -0.05) is 19.9 Å². The van der Waals surface area contributed by atoms with Crippen LogP contribution < -0.4 is 5.32 Å². The number of nitrogens with one attached hydrogen (secondary N) is 1. The fourth-order valence-corrected chi connectivity index (χ4v) is 2.90. The van der Waals surface area contributed by atoms with Gasteiger partial charge in [-0.3, -0.25) is 0 Å². The number of aliphatic hydroxyl groups excluding tert-OH is 1. The van der Waals surface area contributed by atoms with Crippen LogP contribution in [-0.2, 0) is 6.42 Å². The van der Waals surface area contributed by atoms with E-state index in [4.69, 9.17) is 0 Å². The molecule has 1 aromatic rings. The maximum atomic E-state index is 9.94. The summed E-state index contributed by atoms with van der Waals surface area (Å²) in [5.41, 5.74) is 2.52. The second kappa shape index (κ2) is 6.40. The van der Waals surface area contributed by atoms with Crippen LogP contribution in [0.4, 0.5) is 0 Å². The first-order chi connectivity index (χ1) is 9.06. The van der Waals surface area contributed by atoms with Crippen LogP contribution in [0.15, 0.2) is 18.2 Å². The number of aliphatic hydroxyl groups is 1. The molecular formula is C16H25NO2. The molecular weight excluding hydrogens is 238 g/mol. The second-order valence-electron chi connectivity index (χ2n) is 6.02. The summed E-state index contributed by atoms with van der Waals surface area (Å²) in [6, 6.07) is 5.90. The van der Waals surface area contributed by atoms with E-state index in [-0.39, 0.29) is 12.1 Å². The summed E-state index contributed by atoms with van der Waals surface area (Å²) in [6.07, 6.45) is 3.86. The Morgan fingerprint density at radius 3 is 2.89 bits per heavy atom. The van der Waals surface area contributed by atoms with Gasteiger partial charge in [-0.05, 0) is 54.9 Å². The predicted octanol–water partition coefficient (Wildman–Crippen LogP) is 2.77. The molecule has 0 spiro atoms. The highest BCUT2D eigenvalue weighted by Crippen LogP contribution is 2.32. The molecule has 0 saturated heterocycles. The molecule has 3 nitrogen and oxygen atoms in total. The summed E-state index contributed by atoms with van der Waals surface area (Å²) >= 11 is 0. The Bertz CT molecular complexity index is 417. The van der Waals surface area contributed by atoms with Gasteiger partial charge >= 0.3 is 0 Å². The van der Waals surface area contributed by atoms with Gasteiger partial charge in [-0.15, -0.1) is 0 Å². The van der Waals surface area contributed by atoms with Crippen LogP contribution in [0.2, 0.25) is 0 Å². The van der Waals surface area contributed by atoms with Crippen molar-refractivity contribution in [2.24, 2.45) is 5.92 Å². The molecule has 0 radical (unpaired) electrons. The number of fused-ring (bicyclic) bond motifs is 1. The van der Waals surface area contributed by atoms with Crippen molar-refractivity contribution < 1.29 is 10.2 Å². The van der Waals surface area contributed by atoms with E-state index < -0.39 is 0 Å². The lowest BCUT2D eigenvalue weighted by Crippen LogP contribution is -2.32. The van der Waals surface area contributed by atoms with Crippen molar-refractivity contribution in [2.75, 3.05) is 6.54 Å². The molecule has 0 fully saturated rings. The summed E-state index contributed by atoms with van der Waals surface area (Å²) in [5, 5.41) is 23.0. The van der Waals surface area contributed by atoms with Crippen LogP contribution in [-0.4, -0.2) is 22.9 Å². The van der Waals surface area contributed by atoms with Crippen molar-refractivity contribution in [2.45, 2.75) is 51.7 Å². The van der Waals surface area contributed by atoms with E-state index in [9.17, 15) is 10.2 Å². The summed E-state index contributed by atoms with van der Waals surface area (Å²) in [5.74, 6) is 0.842. The first kappa shape index (κ1) is 14.4. The topological polar surface area (TPSA) is 52.5 Å². The Hall–Kier alpha value is -1.06. The van der Waals surface area contributed by atoms with Gasteiger partial charge in [0.2, 0.25) is 0 Å². The standard InChI is InChI=1S/C16H25NO2/c1-11(2)8-14(19)10-17-16-5-3-4-12-6-7-13(18)9-15(12)16/h6-7,9,11,14,16-19H,3-5,8,10H2,1-2H3. The van der Waals surface area contributed by atoms with Crippen LogP contribution in [0.3, 0.4) is 0 Å². The van der Waals surface area contributed by atoms with Gasteiger partial charge in [0.25, 0.3) is 0 Å². The van der Waals surface area contributed by atoms with Crippen LogP contribution in [0, 0.1) is 5.92 Å². The highest BCUT2D eigenvalue weighted by atomic mass is 16.3. The molecule has 1 aromatic carbocycles. The van der Waals surface area contributed by atoms with Crippen molar-refractivity contribution in [1.29, 1.82) is 0 Å². The van der Waals surface area contributed by atoms with E-state index >= 15 is 0 Å². The fraction of sp³-hybridized carbons (Fsp3) is 0.625. The van der Waals surface area contributed by atoms with Crippen molar-refractivity contribution >= 4 is 0 Å². The normalized spacial score (nSPS) is 20.3. The molecule has 0 heterocycles. The minimum absolute atomic E-state index is 0.262. The highest BCUT2D eigenvalue weighted by molar-refractivity contribution is 5.38. The van der Waals surface area contributed by atoms with Gasteiger partial charge in [-0.25, -0.2) is 0 Å². The molecule has 0 bridgehead atoms. The summed E-state index contributed by atoms with van der Waals surface area (Å²) in [4.78, 5) is 0. The van der Waals surface area contributed by atoms with Crippen LogP contribution in [0.25, 0.3) is 0 Å². The molecule has 1 aliphatic carbocycles. The smallest absolute Gasteiger partial charge is 0.115 e. The lowest BCUT2D eigenvalue weighted by atomic mass is 9.87. The zero-order valence-electron chi connectivity index (χ0n) is 11.9. The van der Waals surface area contributed by atoms with Crippen molar-refractivity contribution in [3.8, 4) is 5.75 Å². The molecule has 2 rings (SSSR count). The number of phenols is 1. The molecule has 3 N–H and O–H groups in total. The van der Waals surface area contributed by atoms with Gasteiger partial charge in [0, 0.05) is 12.6 Å². The highest BCUT2D eigenvalue weighted by Gasteiger charge is 2.21. The molecule has 2 unspecified atom stereocenters. The molecule has 1 aliphatic rings. The maximum absolute atomic E-state index is 9.94. The number of aryl methyl sites for hydroxylation is 1. The Labute approximate surface area is 115 Å². The number of rotatable bonds is 5. The molecule has 106 valence electrons. The number of benzene rings is 1. The lowest BCUT2D eigenvalue weighted by molar-refractivity contribution is 0.141. The van der Waals surface area contributed by atoms with Gasteiger partial charge < -0.3 is 15.5 Å². The minimum atomic E-state index is -0.289. The van der Waals surface area contributed by atoms with Crippen molar-refractivity contribution in [1.82, 2.24) is 5.32 Å². The van der Waals surface area contributed by atoms with E-state index in [0.29, 0.717) is 18.2 Å². The molecule has 0 aliphatic heterocycles. The lowest BCUT2D eigenvalue weighted by Gasteiger charge is -2.28. The number of phenolic OH excluding ortho intramolecular Hbond substituents is 1. The van der Waals surface area contributed by atoms with E-state index in [1.807, 2.05) is 12.1 Å². The first-order valence-electron chi connectivity index (χ1n) is 7.29. The van der Waals surface area contributed by atoms with Crippen LogP contribution in [0.5, 0.6) is 5.75 Å². The molecule has 0 aromatic heterocycles. The van der Waals surface area contributed by atoms with Gasteiger partial charge in [0.1, 0.15) is 5.75 Å². The predicted molar refractivity (Wildman–Crippen MR) is 77.3 cm³/mol. The van der Waals surface area contributed by atoms with Crippen molar-refractivity contribution in [3.63, 3.8) is 0 Å². The molecule has 2 atom stereocenters. The zero-order valence-corrected chi connectivity index (χ0v) is 11.9. The molecule has 0 amide bonds. The van der Waals surface area contributed by atoms with Gasteiger partial charge in [0.05, 0.1) is 6.10 Å². The summed E-state index contributed by atoms with van der Waals surface area (Å²) < 4.78 is 0. The minimum Gasteiger partial charge on any atom is -0.508 e. The zero-order chi connectivity index (χ0) is 13.8. The number of hydrogen-bond donors (Lipinski definition) is 3. The first-order valence-corrected chi connectivity index (χ1v) is 7.29. The second-order valence-corrected chi connectivity index (χ2v) is 6.02. The van der Waals surface area contributed by atoms with E-state index in [2.05, 4.69) is 19.2 Å². The van der Waals surface area contributed by atoms with Gasteiger partial charge in [0.15, 0.2) is 0 Å². The monoisotopic (exact) mass is 263 g/mol. The van der Waals surface area contributed by atoms with E-state index in [0.717, 1.165) is 25.7 Å². The molecule has 0 saturated carbocycles.